The number of nitrogens with two attached hydrogens (primary N) is 1. The fourth-order valence-corrected chi connectivity index (χ4v) is 1.56. The van der Waals surface area contributed by atoms with Gasteiger partial charge in [0.15, 0.2) is 17.4 Å². The molecular weight excluding hydrogens is 218 g/mol. The van der Waals surface area contributed by atoms with Crippen molar-refractivity contribution in [2.24, 2.45) is 5.73 Å². The van der Waals surface area contributed by atoms with E-state index < -0.39 is 17.5 Å². The number of methoxy groups -OCH3 is 1. The van der Waals surface area contributed by atoms with E-state index >= 15 is 0 Å². The van der Waals surface area contributed by atoms with Gasteiger partial charge in [0.25, 0.3) is 5.91 Å². The number of carbonyl (C=O) groups excluding carboxylic acids is 1. The number of H-pyrrole nitrogens is 1. The van der Waals surface area contributed by atoms with E-state index in [1.54, 1.807) is 0 Å². The first-order valence-corrected chi connectivity index (χ1v) is 4.39. The second-order valence-corrected chi connectivity index (χ2v) is 3.18. The summed E-state index contributed by atoms with van der Waals surface area (Å²) in [5.41, 5.74) is 4.83. The minimum Gasteiger partial charge on any atom is -0.493 e. The van der Waals surface area contributed by atoms with Crippen molar-refractivity contribution in [3.05, 3.63) is 29.5 Å². The normalized spacial score (nSPS) is 10.7. The molecule has 3 N–H and O–H groups in total. The Morgan fingerprint density at radius 1 is 1.44 bits per heavy atom. The average Bonchev–Trinajstić information content (AvgIpc) is 2.57. The van der Waals surface area contributed by atoms with Crippen LogP contribution in [0.4, 0.5) is 8.78 Å². The molecule has 4 nitrogen and oxygen atoms in total. The van der Waals surface area contributed by atoms with Crippen molar-refractivity contribution in [1.29, 1.82) is 0 Å². The molecule has 0 aliphatic carbocycles. The molecule has 1 heterocycles. The van der Waals surface area contributed by atoms with Crippen LogP contribution >= 0.6 is 0 Å². The lowest BCUT2D eigenvalue weighted by Gasteiger charge is -2.02. The SMILES string of the molecule is COc1c(F)ccc2[nH]c(C(N)=O)c(F)c12. The van der Waals surface area contributed by atoms with E-state index in [-0.39, 0.29) is 22.3 Å². The molecule has 0 saturated heterocycles. The molecule has 0 aliphatic rings. The number of amides is 1. The van der Waals surface area contributed by atoms with Crippen LogP contribution in [-0.4, -0.2) is 18.0 Å². The van der Waals surface area contributed by atoms with Crippen LogP contribution in [0.1, 0.15) is 10.5 Å². The van der Waals surface area contributed by atoms with E-state index in [9.17, 15) is 13.6 Å². The number of hydrogen-bond donors (Lipinski definition) is 2. The van der Waals surface area contributed by atoms with Gasteiger partial charge in [0, 0.05) is 0 Å². The Labute approximate surface area is 89.0 Å². The lowest BCUT2D eigenvalue weighted by Crippen LogP contribution is -2.12. The highest BCUT2D eigenvalue weighted by Gasteiger charge is 2.20. The van der Waals surface area contributed by atoms with Gasteiger partial charge in [-0.1, -0.05) is 0 Å². The van der Waals surface area contributed by atoms with Crippen LogP contribution in [0.3, 0.4) is 0 Å². The number of nitrogens with one attached hydrogen (secondary N) is 1. The molecule has 0 radical (unpaired) electrons. The van der Waals surface area contributed by atoms with Crippen molar-refractivity contribution >= 4 is 16.8 Å². The van der Waals surface area contributed by atoms with Crippen LogP contribution in [0.15, 0.2) is 12.1 Å². The summed E-state index contributed by atoms with van der Waals surface area (Å²) in [6.45, 7) is 0. The molecular formula is C10H8F2N2O2. The smallest absolute Gasteiger partial charge is 0.268 e. The Bertz CT molecular complexity index is 578. The predicted octanol–water partition coefficient (Wildman–Crippen LogP) is 1.55. The monoisotopic (exact) mass is 226 g/mol. The molecule has 0 aliphatic heterocycles. The zero-order valence-corrected chi connectivity index (χ0v) is 8.30. The van der Waals surface area contributed by atoms with Gasteiger partial charge in [-0.25, -0.2) is 8.78 Å². The zero-order valence-electron chi connectivity index (χ0n) is 8.30. The van der Waals surface area contributed by atoms with Gasteiger partial charge in [-0.3, -0.25) is 4.79 Å². The summed E-state index contributed by atoms with van der Waals surface area (Å²) in [7, 11) is 1.22. The first kappa shape index (κ1) is 10.4. The van der Waals surface area contributed by atoms with Crippen molar-refractivity contribution in [3.63, 3.8) is 0 Å². The van der Waals surface area contributed by atoms with E-state index in [1.165, 1.54) is 13.2 Å². The molecule has 1 amide bonds. The summed E-state index contributed by atoms with van der Waals surface area (Å²) in [6, 6.07) is 2.42. The summed E-state index contributed by atoms with van der Waals surface area (Å²) in [4.78, 5) is 13.4. The number of ether oxygens (including phenoxy) is 1. The third-order valence-electron chi connectivity index (χ3n) is 2.26. The number of aromatic amines is 1. The Morgan fingerprint density at radius 3 is 2.69 bits per heavy atom. The van der Waals surface area contributed by atoms with E-state index in [2.05, 4.69) is 4.98 Å². The molecule has 0 atom stereocenters. The molecule has 6 heteroatoms. The summed E-state index contributed by atoms with van der Waals surface area (Å²) < 4.78 is 31.8. The molecule has 84 valence electrons. The maximum Gasteiger partial charge on any atom is 0.268 e. The Morgan fingerprint density at radius 2 is 2.12 bits per heavy atom. The number of halogens is 2. The van der Waals surface area contributed by atoms with Gasteiger partial charge in [-0.2, -0.15) is 0 Å². The fraction of sp³-hybridized carbons (Fsp3) is 0.100. The molecule has 2 rings (SSSR count). The van der Waals surface area contributed by atoms with Crippen LogP contribution in [0.2, 0.25) is 0 Å². The van der Waals surface area contributed by atoms with Crippen LogP contribution in [0.25, 0.3) is 10.9 Å². The number of hydrogen-bond acceptors (Lipinski definition) is 2. The first-order valence-electron chi connectivity index (χ1n) is 4.39. The minimum absolute atomic E-state index is 0.115. The van der Waals surface area contributed by atoms with E-state index in [1.807, 2.05) is 0 Å². The number of fused-ring (bicyclic) bond motifs is 1. The number of carbonyl (C=O) groups is 1. The summed E-state index contributed by atoms with van der Waals surface area (Å²) >= 11 is 0. The number of benzene rings is 1. The molecule has 1 aromatic heterocycles. The van der Waals surface area contributed by atoms with Crippen molar-refractivity contribution in [1.82, 2.24) is 4.98 Å². The standard InChI is InChI=1S/C10H8F2N2O2/c1-16-9-4(11)2-3-5-6(9)7(12)8(14-5)10(13)15/h2-3,14H,1H3,(H2,13,15). The van der Waals surface area contributed by atoms with Crippen molar-refractivity contribution in [2.45, 2.75) is 0 Å². The Balaban J connectivity index is 2.87. The molecule has 0 spiro atoms. The van der Waals surface area contributed by atoms with E-state index in [4.69, 9.17) is 10.5 Å². The molecule has 16 heavy (non-hydrogen) atoms. The maximum absolute atomic E-state index is 13.7. The molecule has 2 aromatic rings. The van der Waals surface area contributed by atoms with Crippen LogP contribution in [0, 0.1) is 11.6 Å². The lowest BCUT2D eigenvalue weighted by molar-refractivity contribution is 0.0992. The minimum atomic E-state index is -0.948. The van der Waals surface area contributed by atoms with Gasteiger partial charge < -0.3 is 15.5 Å². The number of aromatic nitrogens is 1. The molecule has 0 unspecified atom stereocenters. The van der Waals surface area contributed by atoms with E-state index in [0.29, 0.717) is 0 Å². The third-order valence-corrected chi connectivity index (χ3v) is 2.26. The van der Waals surface area contributed by atoms with Gasteiger partial charge in [-0.15, -0.1) is 0 Å². The first-order chi connectivity index (χ1) is 7.56. The highest BCUT2D eigenvalue weighted by atomic mass is 19.1. The summed E-state index contributed by atoms with van der Waals surface area (Å²) in [6.07, 6.45) is 0. The quantitative estimate of drug-likeness (QED) is 0.815. The van der Waals surface area contributed by atoms with Gasteiger partial charge in [0.05, 0.1) is 18.0 Å². The zero-order chi connectivity index (χ0) is 11.9. The number of rotatable bonds is 2. The third kappa shape index (κ3) is 1.30. The van der Waals surface area contributed by atoms with Crippen LogP contribution in [0.5, 0.6) is 5.75 Å². The van der Waals surface area contributed by atoms with Gasteiger partial charge in [0.2, 0.25) is 0 Å². The predicted molar refractivity (Wildman–Crippen MR) is 53.3 cm³/mol. The number of primary amides is 1. The largest absolute Gasteiger partial charge is 0.493 e. The van der Waals surface area contributed by atoms with Crippen LogP contribution < -0.4 is 10.5 Å². The van der Waals surface area contributed by atoms with Gasteiger partial charge in [-0.05, 0) is 12.1 Å². The fourth-order valence-electron chi connectivity index (χ4n) is 1.56. The molecule has 1 aromatic carbocycles. The molecule has 0 saturated carbocycles. The molecule has 0 fully saturated rings. The van der Waals surface area contributed by atoms with Gasteiger partial charge in [0.1, 0.15) is 5.69 Å². The Kier molecular flexibility index (Phi) is 2.26. The van der Waals surface area contributed by atoms with Gasteiger partial charge >= 0.3 is 0 Å². The maximum atomic E-state index is 13.7. The highest BCUT2D eigenvalue weighted by molar-refractivity contribution is 5.99. The van der Waals surface area contributed by atoms with Crippen molar-refractivity contribution in [2.75, 3.05) is 7.11 Å². The topological polar surface area (TPSA) is 68.1 Å². The second kappa shape index (κ2) is 3.48. The van der Waals surface area contributed by atoms with Crippen LogP contribution in [-0.2, 0) is 0 Å². The molecule has 0 bridgehead atoms. The van der Waals surface area contributed by atoms with Crippen molar-refractivity contribution < 1.29 is 18.3 Å². The summed E-state index contributed by atoms with van der Waals surface area (Å²) in [5, 5.41) is -0.115. The lowest BCUT2D eigenvalue weighted by atomic mass is 10.2. The Hall–Kier alpha value is -2.11. The summed E-state index contributed by atoms with van der Waals surface area (Å²) in [5.74, 6) is -2.81. The van der Waals surface area contributed by atoms with Crippen molar-refractivity contribution in [3.8, 4) is 5.75 Å². The highest BCUT2D eigenvalue weighted by Crippen LogP contribution is 2.32. The second-order valence-electron chi connectivity index (χ2n) is 3.18. The average molecular weight is 226 g/mol. The van der Waals surface area contributed by atoms with E-state index in [0.717, 1.165) is 6.07 Å².